The van der Waals surface area contributed by atoms with Crippen LogP contribution in [0.15, 0.2) is 53.4 Å². The Morgan fingerprint density at radius 2 is 1.57 bits per heavy atom. The van der Waals surface area contributed by atoms with Crippen molar-refractivity contribution in [1.29, 1.82) is 0 Å². The van der Waals surface area contributed by atoms with E-state index in [-0.39, 0.29) is 11.3 Å². The second-order valence-electron chi connectivity index (χ2n) is 11.0. The van der Waals surface area contributed by atoms with Crippen LogP contribution in [0.3, 0.4) is 0 Å². The van der Waals surface area contributed by atoms with Crippen LogP contribution in [0.1, 0.15) is 36.7 Å². The molecular weight excluding hydrogens is 462 g/mol. The lowest BCUT2D eigenvalue weighted by atomic mass is 9.87. The molecule has 2 unspecified atom stereocenters. The average Bonchev–Trinajstić information content (AvgIpc) is 3.30. The van der Waals surface area contributed by atoms with Crippen molar-refractivity contribution >= 4 is 21.6 Å². The van der Waals surface area contributed by atoms with E-state index in [2.05, 4.69) is 26.1 Å². The number of hydrogen-bond donors (Lipinski definition) is 1. The molecule has 2 aromatic carbocycles. The zero-order chi connectivity index (χ0) is 24.8. The van der Waals surface area contributed by atoms with Gasteiger partial charge in [0.15, 0.2) is 0 Å². The number of amides is 1. The fourth-order valence-electron chi connectivity index (χ4n) is 5.30. The van der Waals surface area contributed by atoms with Crippen LogP contribution < -0.4 is 5.32 Å². The van der Waals surface area contributed by atoms with Crippen molar-refractivity contribution in [3.63, 3.8) is 0 Å². The van der Waals surface area contributed by atoms with Gasteiger partial charge in [-0.2, -0.15) is 4.31 Å². The lowest BCUT2D eigenvalue weighted by Crippen LogP contribution is -2.40. The van der Waals surface area contributed by atoms with Crippen LogP contribution in [0.5, 0.6) is 0 Å². The number of fused-ring (bicyclic) bond motifs is 1. The Morgan fingerprint density at radius 3 is 2.14 bits per heavy atom. The lowest BCUT2D eigenvalue weighted by molar-refractivity contribution is 0.0303. The van der Waals surface area contributed by atoms with Gasteiger partial charge in [0.1, 0.15) is 0 Å². The summed E-state index contributed by atoms with van der Waals surface area (Å²) in [5.41, 5.74) is 2.80. The van der Waals surface area contributed by atoms with Gasteiger partial charge in [-0.3, -0.25) is 4.79 Å². The van der Waals surface area contributed by atoms with E-state index in [1.54, 1.807) is 16.4 Å². The molecule has 0 aromatic heterocycles. The van der Waals surface area contributed by atoms with Gasteiger partial charge in [0, 0.05) is 44.0 Å². The number of carbonyl (C=O) groups excluding carboxylic acids is 1. The number of sulfonamides is 1. The largest absolute Gasteiger partial charge is 0.385 e. The Hall–Kier alpha value is -2.42. The second-order valence-corrected chi connectivity index (χ2v) is 12.9. The van der Waals surface area contributed by atoms with Gasteiger partial charge in [0.05, 0.1) is 18.1 Å². The van der Waals surface area contributed by atoms with Gasteiger partial charge in [0.2, 0.25) is 10.0 Å². The molecule has 2 aromatic rings. The Kier molecular flexibility index (Phi) is 6.40. The summed E-state index contributed by atoms with van der Waals surface area (Å²) in [6, 6.07) is 15.0. The first-order valence-corrected chi connectivity index (χ1v) is 13.9. The van der Waals surface area contributed by atoms with Crippen LogP contribution in [0.25, 0.3) is 0 Å². The molecule has 0 spiro atoms. The average molecular weight is 498 g/mol. The van der Waals surface area contributed by atoms with Crippen molar-refractivity contribution in [2.75, 3.05) is 51.3 Å². The number of benzene rings is 2. The maximum absolute atomic E-state index is 13.1. The van der Waals surface area contributed by atoms with Crippen LogP contribution in [0.4, 0.5) is 5.69 Å². The quantitative estimate of drug-likeness (QED) is 0.662. The van der Waals surface area contributed by atoms with Crippen molar-refractivity contribution in [2.24, 2.45) is 17.8 Å². The third-order valence-electron chi connectivity index (χ3n) is 7.67. The number of carbonyl (C=O) groups is 1. The molecule has 1 amide bonds. The van der Waals surface area contributed by atoms with Crippen LogP contribution in [-0.4, -0.2) is 69.5 Å². The van der Waals surface area contributed by atoms with Crippen LogP contribution in [0, 0.1) is 17.8 Å². The Labute approximate surface area is 208 Å². The van der Waals surface area contributed by atoms with E-state index in [0.717, 1.165) is 17.8 Å². The third-order valence-corrected chi connectivity index (χ3v) is 9.51. The highest BCUT2D eigenvalue weighted by atomic mass is 32.2. The molecule has 8 heteroatoms. The summed E-state index contributed by atoms with van der Waals surface area (Å²) in [7, 11) is -3.45. The third kappa shape index (κ3) is 4.97. The predicted octanol–water partition coefficient (Wildman–Crippen LogP) is 3.44. The SMILES string of the molecule is CC(C)(C)c1ccc(S(=O)(=O)N2CC3C(CNc4ccc(C(=O)N5CCOCC5)cc4)C3C2)cc1. The monoisotopic (exact) mass is 497 g/mol. The maximum atomic E-state index is 13.1. The number of nitrogens with one attached hydrogen (secondary N) is 1. The molecule has 1 N–H and O–H groups in total. The zero-order valence-corrected chi connectivity index (χ0v) is 21.6. The zero-order valence-electron chi connectivity index (χ0n) is 20.7. The van der Waals surface area contributed by atoms with Crippen LogP contribution in [0.2, 0.25) is 0 Å². The first kappa shape index (κ1) is 24.3. The Balaban J connectivity index is 1.12. The molecule has 1 saturated carbocycles. The molecule has 5 rings (SSSR count). The Morgan fingerprint density at radius 1 is 0.971 bits per heavy atom. The second kappa shape index (κ2) is 9.22. The molecule has 35 heavy (non-hydrogen) atoms. The molecule has 188 valence electrons. The molecule has 2 aliphatic heterocycles. The number of morpholine rings is 1. The van der Waals surface area contributed by atoms with Crippen molar-refractivity contribution in [3.05, 3.63) is 59.7 Å². The summed E-state index contributed by atoms with van der Waals surface area (Å²) in [6.07, 6.45) is 0. The van der Waals surface area contributed by atoms with E-state index < -0.39 is 10.0 Å². The van der Waals surface area contributed by atoms with Gasteiger partial charge in [-0.05, 0) is 65.1 Å². The Bertz CT molecular complexity index is 1150. The van der Waals surface area contributed by atoms with Gasteiger partial charge in [-0.1, -0.05) is 32.9 Å². The summed E-state index contributed by atoms with van der Waals surface area (Å²) >= 11 is 0. The number of piperidine rings is 1. The predicted molar refractivity (Wildman–Crippen MR) is 136 cm³/mol. The van der Waals surface area contributed by atoms with E-state index in [9.17, 15) is 13.2 Å². The highest BCUT2D eigenvalue weighted by Crippen LogP contribution is 2.52. The molecular formula is C27H35N3O4S. The number of nitrogens with zero attached hydrogens (tertiary/aromatic N) is 2. The fraction of sp³-hybridized carbons (Fsp3) is 0.519. The van der Waals surface area contributed by atoms with Crippen molar-refractivity contribution < 1.29 is 17.9 Å². The van der Waals surface area contributed by atoms with Crippen molar-refractivity contribution in [3.8, 4) is 0 Å². The van der Waals surface area contributed by atoms with Crippen LogP contribution >= 0.6 is 0 Å². The van der Waals surface area contributed by atoms with Crippen LogP contribution in [-0.2, 0) is 20.2 Å². The molecule has 2 atom stereocenters. The lowest BCUT2D eigenvalue weighted by Gasteiger charge is -2.26. The number of hydrogen-bond acceptors (Lipinski definition) is 5. The van der Waals surface area contributed by atoms with Gasteiger partial charge < -0.3 is 15.0 Å². The molecule has 2 saturated heterocycles. The maximum Gasteiger partial charge on any atom is 0.254 e. The molecule has 0 radical (unpaired) electrons. The molecule has 7 nitrogen and oxygen atoms in total. The highest BCUT2D eigenvalue weighted by molar-refractivity contribution is 7.89. The number of anilines is 1. The molecule has 1 aliphatic carbocycles. The summed E-state index contributed by atoms with van der Waals surface area (Å²) in [4.78, 5) is 14.8. The molecule has 2 heterocycles. The van der Waals surface area contributed by atoms with Crippen molar-refractivity contribution in [1.82, 2.24) is 9.21 Å². The van der Waals surface area contributed by atoms with E-state index in [1.165, 1.54) is 0 Å². The molecule has 3 fully saturated rings. The molecule has 0 bridgehead atoms. The van der Waals surface area contributed by atoms with E-state index >= 15 is 0 Å². The standard InChI is InChI=1S/C27H35N3O4S/c1-27(2,3)20-6-10-22(11-7-20)35(32,33)30-17-24-23(25(24)18-30)16-28-21-8-4-19(5-9-21)26(31)29-12-14-34-15-13-29/h4-11,23-25,28H,12-18H2,1-3H3. The minimum Gasteiger partial charge on any atom is -0.385 e. The normalized spacial score (nSPS) is 24.8. The minimum atomic E-state index is -3.45. The van der Waals surface area contributed by atoms with Gasteiger partial charge in [0.25, 0.3) is 5.91 Å². The first-order valence-electron chi connectivity index (χ1n) is 12.5. The highest BCUT2D eigenvalue weighted by Gasteiger charge is 2.57. The van der Waals surface area contributed by atoms with E-state index in [0.29, 0.717) is 67.6 Å². The number of rotatable bonds is 6. The number of ether oxygens (including phenoxy) is 1. The van der Waals surface area contributed by atoms with E-state index in [1.807, 2.05) is 41.3 Å². The first-order chi connectivity index (χ1) is 16.6. The van der Waals surface area contributed by atoms with Crippen molar-refractivity contribution in [2.45, 2.75) is 31.1 Å². The van der Waals surface area contributed by atoms with Gasteiger partial charge in [-0.15, -0.1) is 0 Å². The van der Waals surface area contributed by atoms with Gasteiger partial charge in [-0.25, -0.2) is 8.42 Å². The fourth-order valence-corrected chi connectivity index (χ4v) is 6.82. The minimum absolute atomic E-state index is 0.00359. The summed E-state index contributed by atoms with van der Waals surface area (Å²) in [6.45, 7) is 10.8. The topological polar surface area (TPSA) is 79.0 Å². The smallest absolute Gasteiger partial charge is 0.254 e. The molecule has 3 aliphatic rings. The van der Waals surface area contributed by atoms with E-state index in [4.69, 9.17) is 4.74 Å². The summed E-state index contributed by atoms with van der Waals surface area (Å²) < 4.78 is 33.2. The van der Waals surface area contributed by atoms with Gasteiger partial charge >= 0.3 is 0 Å². The summed E-state index contributed by atoms with van der Waals surface area (Å²) in [5, 5.41) is 3.47. The summed E-state index contributed by atoms with van der Waals surface area (Å²) in [5.74, 6) is 1.35.